The molecule has 0 spiro atoms. The first kappa shape index (κ1) is 15.0. The molecular formula is C12H19O5P. The van der Waals surface area contributed by atoms with Gasteiger partial charge in [0.05, 0.1) is 13.2 Å². The predicted molar refractivity (Wildman–Crippen MR) is 69.1 cm³/mol. The average molecular weight is 274 g/mol. The quantitative estimate of drug-likeness (QED) is 0.803. The van der Waals surface area contributed by atoms with Gasteiger partial charge in [-0.2, -0.15) is 0 Å². The van der Waals surface area contributed by atoms with Crippen LogP contribution in [0.4, 0.5) is 0 Å². The minimum Gasteiger partial charge on any atom is -0.507 e. The Morgan fingerprint density at radius 2 is 1.56 bits per heavy atom. The fraction of sp³-hybridized carbons (Fsp3) is 0.500. The second-order valence-electron chi connectivity index (χ2n) is 3.78. The zero-order valence-corrected chi connectivity index (χ0v) is 12.0. The van der Waals surface area contributed by atoms with Gasteiger partial charge in [0, 0.05) is 0 Å². The lowest BCUT2D eigenvalue weighted by Gasteiger charge is -2.18. The Balaban J connectivity index is 2.98. The molecule has 102 valence electrons. The Bertz CT molecular complexity index is 425. The van der Waals surface area contributed by atoms with Crippen LogP contribution in [0.25, 0.3) is 0 Å². The van der Waals surface area contributed by atoms with Crippen LogP contribution in [-0.4, -0.2) is 18.3 Å². The van der Waals surface area contributed by atoms with Crippen LogP contribution in [0.5, 0.6) is 11.5 Å². The first-order valence-corrected chi connectivity index (χ1v) is 7.26. The lowest BCUT2D eigenvalue weighted by atomic mass is 10.1. The molecule has 0 aliphatic carbocycles. The number of hydrogen-bond donors (Lipinski definition) is 1. The van der Waals surface area contributed by atoms with Crippen molar-refractivity contribution in [3.63, 3.8) is 0 Å². The second kappa shape index (κ2) is 6.23. The number of phenolic OH excluding ortho intramolecular Hbond substituents is 1. The number of phenols is 1. The van der Waals surface area contributed by atoms with Crippen molar-refractivity contribution in [2.24, 2.45) is 0 Å². The summed E-state index contributed by atoms with van der Waals surface area (Å²) in [5, 5.41) is 9.65. The Morgan fingerprint density at radius 3 is 1.94 bits per heavy atom. The van der Waals surface area contributed by atoms with Crippen molar-refractivity contribution in [2.45, 2.75) is 27.7 Å². The molecule has 0 atom stereocenters. The fourth-order valence-corrected chi connectivity index (χ4v) is 2.68. The maximum absolute atomic E-state index is 12.2. The van der Waals surface area contributed by atoms with Gasteiger partial charge in [-0.1, -0.05) is 0 Å². The molecule has 0 aromatic heterocycles. The van der Waals surface area contributed by atoms with Crippen LogP contribution in [-0.2, 0) is 13.6 Å². The van der Waals surface area contributed by atoms with E-state index < -0.39 is 7.82 Å². The number of rotatable bonds is 6. The van der Waals surface area contributed by atoms with Gasteiger partial charge in [0.1, 0.15) is 11.5 Å². The van der Waals surface area contributed by atoms with Crippen LogP contribution in [0.2, 0.25) is 0 Å². The lowest BCUT2D eigenvalue weighted by Crippen LogP contribution is -2.02. The molecule has 0 heterocycles. The molecule has 1 aromatic carbocycles. The smallest absolute Gasteiger partial charge is 0.507 e. The third-order valence-electron chi connectivity index (χ3n) is 2.26. The van der Waals surface area contributed by atoms with E-state index in [9.17, 15) is 9.67 Å². The van der Waals surface area contributed by atoms with E-state index in [0.717, 1.165) is 0 Å². The van der Waals surface area contributed by atoms with E-state index >= 15 is 0 Å². The molecule has 1 N–H and O–H groups in total. The van der Waals surface area contributed by atoms with Crippen molar-refractivity contribution < 1.29 is 23.2 Å². The third-order valence-corrected chi connectivity index (χ3v) is 3.84. The molecule has 0 radical (unpaired) electrons. The van der Waals surface area contributed by atoms with Crippen LogP contribution >= 0.6 is 7.82 Å². The first-order chi connectivity index (χ1) is 8.41. The molecule has 0 aliphatic rings. The maximum atomic E-state index is 12.2. The van der Waals surface area contributed by atoms with Crippen molar-refractivity contribution in [1.29, 1.82) is 0 Å². The zero-order valence-electron chi connectivity index (χ0n) is 11.1. The molecule has 0 unspecified atom stereocenters. The number of aromatic hydroxyl groups is 1. The van der Waals surface area contributed by atoms with Gasteiger partial charge in [-0.05, 0) is 51.0 Å². The molecule has 5 nitrogen and oxygen atoms in total. The number of hydrogen-bond acceptors (Lipinski definition) is 5. The molecule has 18 heavy (non-hydrogen) atoms. The predicted octanol–water partition coefficient (Wildman–Crippen LogP) is 3.57. The molecule has 0 fully saturated rings. The van der Waals surface area contributed by atoms with Crippen molar-refractivity contribution in [2.75, 3.05) is 13.2 Å². The summed E-state index contributed by atoms with van der Waals surface area (Å²) in [6, 6.07) is 3.18. The number of phosphoric ester groups is 1. The van der Waals surface area contributed by atoms with Crippen molar-refractivity contribution in [3.8, 4) is 11.5 Å². The summed E-state index contributed by atoms with van der Waals surface area (Å²) in [6.45, 7) is 7.36. The summed E-state index contributed by atoms with van der Waals surface area (Å²) < 4.78 is 27.5. The summed E-state index contributed by atoms with van der Waals surface area (Å²) in [7, 11) is -3.58. The summed E-state index contributed by atoms with van der Waals surface area (Å²) in [5.41, 5.74) is 1.29. The van der Waals surface area contributed by atoms with Gasteiger partial charge in [-0.15, -0.1) is 0 Å². The summed E-state index contributed by atoms with van der Waals surface area (Å²) in [6.07, 6.45) is 0. The van der Waals surface area contributed by atoms with E-state index in [4.69, 9.17) is 13.6 Å². The standard InChI is InChI=1S/C12H19O5P/c1-5-15-18(14,16-6-2)17-11-7-9(3)12(13)10(4)8-11/h7-8,13H,5-6H2,1-4H3. The van der Waals surface area contributed by atoms with E-state index in [-0.39, 0.29) is 19.0 Å². The Kier molecular flexibility index (Phi) is 5.20. The number of aryl methyl sites for hydroxylation is 2. The molecule has 0 bridgehead atoms. The molecular weight excluding hydrogens is 255 g/mol. The second-order valence-corrected chi connectivity index (χ2v) is 5.37. The molecule has 1 aromatic rings. The Morgan fingerprint density at radius 1 is 1.11 bits per heavy atom. The average Bonchev–Trinajstić information content (AvgIpc) is 2.26. The summed E-state index contributed by atoms with van der Waals surface area (Å²) in [4.78, 5) is 0. The minimum atomic E-state index is -3.58. The molecule has 1 rings (SSSR count). The molecule has 6 heteroatoms. The van der Waals surface area contributed by atoms with Crippen LogP contribution in [0.3, 0.4) is 0 Å². The topological polar surface area (TPSA) is 65.0 Å². The highest BCUT2D eigenvalue weighted by atomic mass is 31.2. The van der Waals surface area contributed by atoms with Gasteiger partial charge >= 0.3 is 7.82 Å². The van der Waals surface area contributed by atoms with Gasteiger partial charge in [0.15, 0.2) is 0 Å². The first-order valence-electron chi connectivity index (χ1n) is 5.80. The molecule has 0 amide bonds. The SMILES string of the molecule is CCOP(=O)(OCC)Oc1cc(C)c(O)c(C)c1. The number of benzene rings is 1. The van der Waals surface area contributed by atoms with Gasteiger partial charge in [-0.25, -0.2) is 4.57 Å². The molecule has 0 aliphatic heterocycles. The minimum absolute atomic E-state index is 0.199. The number of phosphoric acid groups is 1. The normalized spacial score (nSPS) is 11.6. The van der Waals surface area contributed by atoms with Crippen LogP contribution < -0.4 is 4.52 Å². The van der Waals surface area contributed by atoms with Crippen molar-refractivity contribution in [3.05, 3.63) is 23.3 Å². The van der Waals surface area contributed by atoms with Gasteiger partial charge in [-0.3, -0.25) is 9.05 Å². The van der Waals surface area contributed by atoms with Crippen molar-refractivity contribution >= 4 is 7.82 Å². The van der Waals surface area contributed by atoms with E-state index in [1.54, 1.807) is 39.8 Å². The lowest BCUT2D eigenvalue weighted by molar-refractivity contribution is 0.167. The van der Waals surface area contributed by atoms with Gasteiger partial charge in [0.2, 0.25) is 0 Å². The largest absolute Gasteiger partial charge is 0.530 e. The highest BCUT2D eigenvalue weighted by molar-refractivity contribution is 7.48. The van der Waals surface area contributed by atoms with E-state index in [0.29, 0.717) is 16.9 Å². The highest BCUT2D eigenvalue weighted by Crippen LogP contribution is 2.49. The molecule has 0 saturated heterocycles. The Labute approximate surface area is 107 Å². The maximum Gasteiger partial charge on any atom is 0.530 e. The van der Waals surface area contributed by atoms with Crippen LogP contribution in [0.15, 0.2) is 12.1 Å². The summed E-state index contributed by atoms with van der Waals surface area (Å²) in [5.74, 6) is 0.554. The van der Waals surface area contributed by atoms with Gasteiger partial charge < -0.3 is 9.63 Å². The third kappa shape index (κ3) is 3.73. The van der Waals surface area contributed by atoms with Crippen molar-refractivity contribution in [1.82, 2.24) is 0 Å². The Hall–Kier alpha value is -1.03. The highest BCUT2D eigenvalue weighted by Gasteiger charge is 2.27. The van der Waals surface area contributed by atoms with Crippen LogP contribution in [0.1, 0.15) is 25.0 Å². The zero-order chi connectivity index (χ0) is 13.8. The van der Waals surface area contributed by atoms with E-state index in [1.807, 2.05) is 0 Å². The van der Waals surface area contributed by atoms with Gasteiger partial charge in [0.25, 0.3) is 0 Å². The molecule has 0 saturated carbocycles. The van der Waals surface area contributed by atoms with Crippen LogP contribution in [0, 0.1) is 13.8 Å². The fourth-order valence-electron chi connectivity index (χ4n) is 1.50. The summed E-state index contributed by atoms with van der Waals surface area (Å²) >= 11 is 0. The van der Waals surface area contributed by atoms with E-state index in [1.165, 1.54) is 0 Å². The monoisotopic (exact) mass is 274 g/mol. The van der Waals surface area contributed by atoms with E-state index in [2.05, 4.69) is 0 Å².